The van der Waals surface area contributed by atoms with Crippen molar-refractivity contribution in [2.75, 3.05) is 16.8 Å². The lowest BCUT2D eigenvalue weighted by atomic mass is 10.00. The number of Topliss-reactive ketones (excluding diaryl/α,β-unsaturated/α-hetero) is 2. The number of nitrogens with one attached hydrogen (secondary N) is 1. The number of ketones is 2. The highest BCUT2D eigenvalue weighted by Gasteiger charge is 2.25. The van der Waals surface area contributed by atoms with E-state index < -0.39 is 0 Å². The molecule has 1 heterocycles. The number of benzene rings is 3. The van der Waals surface area contributed by atoms with Crippen LogP contribution in [0.2, 0.25) is 0 Å². The minimum atomic E-state index is -0.361. The van der Waals surface area contributed by atoms with Crippen LogP contribution in [0.15, 0.2) is 60.7 Å². The molecular formula is C34H37N3O5. The number of ether oxygens (including phenoxy) is 1. The van der Waals surface area contributed by atoms with Crippen LogP contribution in [0.4, 0.5) is 17.1 Å². The largest absolute Gasteiger partial charge is 0.461 e. The molecule has 0 bridgehead atoms. The fourth-order valence-electron chi connectivity index (χ4n) is 5.03. The molecule has 0 unspecified atom stereocenters. The smallest absolute Gasteiger partial charge is 0.306 e. The van der Waals surface area contributed by atoms with Crippen LogP contribution in [0.3, 0.4) is 0 Å². The van der Waals surface area contributed by atoms with E-state index >= 15 is 0 Å². The Balaban J connectivity index is 1.99. The van der Waals surface area contributed by atoms with Gasteiger partial charge in [0.05, 0.1) is 29.0 Å². The summed E-state index contributed by atoms with van der Waals surface area (Å²) in [6, 6.07) is 19.2. The first-order valence-corrected chi connectivity index (χ1v) is 14.4. The summed E-state index contributed by atoms with van der Waals surface area (Å²) < 4.78 is 5.70. The maximum atomic E-state index is 13.4. The summed E-state index contributed by atoms with van der Waals surface area (Å²) in [5.41, 5.74) is 4.62. The maximum Gasteiger partial charge on any atom is 0.306 e. The molecule has 4 aromatic rings. The zero-order valence-electron chi connectivity index (χ0n) is 24.7. The Morgan fingerprint density at radius 2 is 1.45 bits per heavy atom. The van der Waals surface area contributed by atoms with Crippen molar-refractivity contribution in [3.8, 4) is 0 Å². The molecule has 0 saturated heterocycles. The lowest BCUT2D eigenvalue weighted by molar-refractivity contribution is -0.145. The van der Waals surface area contributed by atoms with Gasteiger partial charge >= 0.3 is 5.97 Å². The van der Waals surface area contributed by atoms with Crippen LogP contribution in [0.1, 0.15) is 64.5 Å². The number of para-hydroxylation sites is 2. The molecule has 1 N–H and O–H groups in total. The van der Waals surface area contributed by atoms with Crippen LogP contribution < -0.4 is 10.2 Å². The number of fused-ring (bicyclic) bond motifs is 2. The topological polar surface area (TPSA) is 106 Å². The Morgan fingerprint density at radius 1 is 0.833 bits per heavy atom. The zero-order chi connectivity index (χ0) is 30.2. The van der Waals surface area contributed by atoms with E-state index in [0.29, 0.717) is 35.3 Å². The molecular weight excluding hydrogens is 530 g/mol. The molecule has 8 nitrogen and oxygen atoms in total. The van der Waals surface area contributed by atoms with Gasteiger partial charge in [0.25, 0.3) is 0 Å². The van der Waals surface area contributed by atoms with Gasteiger partial charge in [-0.15, -0.1) is 0 Å². The van der Waals surface area contributed by atoms with Gasteiger partial charge in [0, 0.05) is 41.3 Å². The van der Waals surface area contributed by atoms with Crippen LogP contribution in [-0.4, -0.2) is 35.0 Å². The predicted molar refractivity (Wildman–Crippen MR) is 166 cm³/mol. The second-order valence-corrected chi connectivity index (χ2v) is 10.5. The van der Waals surface area contributed by atoms with Gasteiger partial charge in [0.2, 0.25) is 5.91 Å². The maximum absolute atomic E-state index is 13.4. The third-order valence-corrected chi connectivity index (χ3v) is 6.85. The van der Waals surface area contributed by atoms with Gasteiger partial charge in [-0.25, -0.2) is 4.98 Å². The molecule has 3 aromatic carbocycles. The number of nitrogens with zero attached hydrogens (tertiary/aromatic N) is 2. The second kappa shape index (κ2) is 13.9. The SMILES string of the molecule is CCCC(=O)OCc1c(Nc2c3ccccc3nc3ccccc23)cc(CC(C)=O)cc1N(CC(C)=O)C(=O)CCC. The molecule has 8 heteroatoms. The van der Waals surface area contributed by atoms with E-state index in [2.05, 4.69) is 5.32 Å². The van der Waals surface area contributed by atoms with Gasteiger partial charge in [-0.3, -0.25) is 19.2 Å². The van der Waals surface area contributed by atoms with Crippen LogP contribution in [0.5, 0.6) is 0 Å². The first-order valence-electron chi connectivity index (χ1n) is 14.4. The van der Waals surface area contributed by atoms with Crippen molar-refractivity contribution in [3.05, 3.63) is 71.8 Å². The predicted octanol–water partition coefficient (Wildman–Crippen LogP) is 6.83. The van der Waals surface area contributed by atoms with Crippen LogP contribution in [0.25, 0.3) is 21.8 Å². The number of carbonyl (C=O) groups is 4. The van der Waals surface area contributed by atoms with Gasteiger partial charge in [0.15, 0.2) is 0 Å². The van der Waals surface area contributed by atoms with Gasteiger partial charge in [-0.2, -0.15) is 0 Å². The number of hydrogen-bond donors (Lipinski definition) is 1. The van der Waals surface area contributed by atoms with E-state index in [0.717, 1.165) is 27.5 Å². The molecule has 0 spiro atoms. The van der Waals surface area contributed by atoms with Crippen molar-refractivity contribution in [1.82, 2.24) is 4.98 Å². The highest BCUT2D eigenvalue weighted by atomic mass is 16.5. The number of aromatic nitrogens is 1. The van der Waals surface area contributed by atoms with Crippen molar-refractivity contribution in [1.29, 1.82) is 0 Å². The first-order chi connectivity index (χ1) is 20.2. The monoisotopic (exact) mass is 567 g/mol. The molecule has 0 aliphatic rings. The Bertz CT molecular complexity index is 1590. The van der Waals surface area contributed by atoms with Crippen LogP contribution in [0, 0.1) is 0 Å². The number of hydrogen-bond acceptors (Lipinski definition) is 7. The normalized spacial score (nSPS) is 11.0. The molecule has 1 amide bonds. The van der Waals surface area contributed by atoms with E-state index in [4.69, 9.17) is 9.72 Å². The van der Waals surface area contributed by atoms with Crippen molar-refractivity contribution >= 4 is 62.3 Å². The Morgan fingerprint density at radius 3 is 2.02 bits per heavy atom. The molecule has 1 aromatic heterocycles. The number of rotatable bonds is 13. The number of amides is 1. The van der Waals surface area contributed by atoms with Crippen molar-refractivity contribution in [2.24, 2.45) is 0 Å². The molecule has 4 rings (SSSR count). The summed E-state index contributed by atoms with van der Waals surface area (Å²) in [5, 5.41) is 5.34. The minimum Gasteiger partial charge on any atom is -0.461 e. The molecule has 0 saturated carbocycles. The van der Waals surface area contributed by atoms with Gasteiger partial charge in [-0.1, -0.05) is 50.2 Å². The fraction of sp³-hybridized carbons (Fsp3) is 0.324. The lowest BCUT2D eigenvalue weighted by Crippen LogP contribution is -2.36. The summed E-state index contributed by atoms with van der Waals surface area (Å²) in [6.45, 7) is 6.47. The average Bonchev–Trinajstić information content (AvgIpc) is 2.95. The Hall–Kier alpha value is -4.59. The quantitative estimate of drug-likeness (QED) is 0.139. The molecule has 0 aliphatic heterocycles. The highest BCUT2D eigenvalue weighted by Crippen LogP contribution is 2.38. The summed E-state index contributed by atoms with van der Waals surface area (Å²) in [4.78, 5) is 56.8. The van der Waals surface area contributed by atoms with E-state index in [-0.39, 0.29) is 55.9 Å². The van der Waals surface area contributed by atoms with E-state index in [1.165, 1.54) is 18.7 Å². The summed E-state index contributed by atoms with van der Waals surface area (Å²) in [5.74, 6) is -0.822. The van der Waals surface area contributed by atoms with Crippen molar-refractivity contribution in [2.45, 2.75) is 66.4 Å². The Kier molecular flexibility index (Phi) is 10.0. The third kappa shape index (κ3) is 7.18. The average molecular weight is 568 g/mol. The van der Waals surface area contributed by atoms with Crippen molar-refractivity contribution < 1.29 is 23.9 Å². The first kappa shape index (κ1) is 30.4. The summed E-state index contributed by atoms with van der Waals surface area (Å²) in [7, 11) is 0. The summed E-state index contributed by atoms with van der Waals surface area (Å²) >= 11 is 0. The van der Waals surface area contributed by atoms with Gasteiger partial charge in [0.1, 0.15) is 18.2 Å². The number of esters is 1. The highest BCUT2D eigenvalue weighted by molar-refractivity contribution is 6.09. The van der Waals surface area contributed by atoms with E-state index in [1.807, 2.05) is 68.4 Å². The second-order valence-electron chi connectivity index (χ2n) is 10.5. The molecule has 0 fully saturated rings. The fourth-order valence-corrected chi connectivity index (χ4v) is 5.03. The van der Waals surface area contributed by atoms with E-state index in [1.54, 1.807) is 6.07 Å². The number of pyridine rings is 1. The number of carbonyl (C=O) groups excluding carboxylic acids is 4. The third-order valence-electron chi connectivity index (χ3n) is 6.85. The molecule has 0 radical (unpaired) electrons. The van der Waals surface area contributed by atoms with Crippen LogP contribution in [-0.2, 0) is 36.9 Å². The minimum absolute atomic E-state index is 0.0492. The molecule has 0 aliphatic carbocycles. The molecule has 218 valence electrons. The molecule has 0 atom stereocenters. The number of anilines is 3. The zero-order valence-corrected chi connectivity index (χ0v) is 24.7. The van der Waals surface area contributed by atoms with Gasteiger partial charge < -0.3 is 15.0 Å². The van der Waals surface area contributed by atoms with Gasteiger partial charge in [-0.05, 0) is 56.5 Å². The standard InChI is InChI=1S/C34H37N3O5/c1-5-11-32(40)37(20-23(4)39)31-19-24(17-22(3)38)18-30(27(31)21-42-33(41)12-6-2)36-34-25-13-7-9-15-28(25)35-29-16-10-8-14-26(29)34/h7-10,13-16,18-19H,5-6,11-12,17,20-21H2,1-4H3,(H,35,36). The molecule has 42 heavy (non-hydrogen) atoms. The summed E-state index contributed by atoms with van der Waals surface area (Å²) in [6.07, 6.45) is 1.86. The Labute approximate surface area is 246 Å². The van der Waals surface area contributed by atoms with E-state index in [9.17, 15) is 19.2 Å². The lowest BCUT2D eigenvalue weighted by Gasteiger charge is -2.27. The van der Waals surface area contributed by atoms with Crippen LogP contribution >= 0.6 is 0 Å². The van der Waals surface area contributed by atoms with Crippen molar-refractivity contribution in [3.63, 3.8) is 0 Å².